The van der Waals surface area contributed by atoms with Gasteiger partial charge in [0.1, 0.15) is 11.0 Å². The zero-order valence-corrected chi connectivity index (χ0v) is 17.8. The summed E-state index contributed by atoms with van der Waals surface area (Å²) < 4.78 is 40.9. The Hall–Kier alpha value is -4.34. The molecule has 33 heavy (non-hydrogen) atoms. The van der Waals surface area contributed by atoms with Crippen LogP contribution >= 0.6 is 0 Å². The van der Waals surface area contributed by atoms with Gasteiger partial charge in [0.05, 0.1) is 38.7 Å². The van der Waals surface area contributed by atoms with Gasteiger partial charge in [-0.2, -0.15) is 5.10 Å². The topological polar surface area (TPSA) is 91.2 Å². The zero-order valence-electron chi connectivity index (χ0n) is 17.8. The highest BCUT2D eigenvalue weighted by Crippen LogP contribution is 2.32. The van der Waals surface area contributed by atoms with E-state index in [1.807, 2.05) is 0 Å². The van der Waals surface area contributed by atoms with Gasteiger partial charge in [-0.15, -0.1) is 0 Å². The number of nitrogens with one attached hydrogen (secondary N) is 1. The highest BCUT2D eigenvalue weighted by atomic mass is 19.1. The quantitative estimate of drug-likeness (QED) is 0.428. The zero-order chi connectivity index (χ0) is 23.5. The first kappa shape index (κ1) is 21.9. The van der Waals surface area contributed by atoms with E-state index in [1.165, 1.54) is 37.4 Å². The predicted octanol–water partition coefficient (Wildman–Crippen LogP) is 3.96. The molecule has 0 aliphatic heterocycles. The molecule has 0 aliphatic carbocycles. The highest BCUT2D eigenvalue weighted by molar-refractivity contribution is 5.99. The van der Waals surface area contributed by atoms with E-state index < -0.39 is 11.6 Å². The molecule has 2 heterocycles. The lowest BCUT2D eigenvalue weighted by molar-refractivity contribution is -0.111. The number of nitrogens with zero attached hydrogens (tertiary/aromatic N) is 4. The molecule has 1 amide bonds. The molecule has 0 radical (unpaired) electrons. The number of benzene rings is 2. The maximum absolute atomic E-state index is 14.8. The van der Waals surface area contributed by atoms with Gasteiger partial charge in [0.25, 0.3) is 0 Å². The molecule has 0 unspecified atom stereocenters. The lowest BCUT2D eigenvalue weighted by atomic mass is 10.1. The molecular formula is C23H19F2N5O3. The number of fused-ring (bicyclic) bond motifs is 1. The van der Waals surface area contributed by atoms with Gasteiger partial charge in [-0.05, 0) is 18.2 Å². The molecule has 0 atom stereocenters. The minimum atomic E-state index is -0.838. The van der Waals surface area contributed by atoms with Crippen molar-refractivity contribution in [3.05, 3.63) is 72.6 Å². The van der Waals surface area contributed by atoms with Crippen LogP contribution in [0, 0.1) is 11.6 Å². The smallest absolute Gasteiger partial charge is 0.247 e. The lowest BCUT2D eigenvalue weighted by Crippen LogP contribution is -2.09. The summed E-state index contributed by atoms with van der Waals surface area (Å²) in [5.41, 5.74) is 1.94. The van der Waals surface area contributed by atoms with E-state index in [2.05, 4.69) is 27.0 Å². The Bertz CT molecular complexity index is 1340. The summed E-state index contributed by atoms with van der Waals surface area (Å²) >= 11 is 0. The minimum absolute atomic E-state index is 0.137. The molecule has 0 fully saturated rings. The average Bonchev–Trinajstić information content (AvgIpc) is 3.24. The Morgan fingerprint density at radius 2 is 1.88 bits per heavy atom. The van der Waals surface area contributed by atoms with Gasteiger partial charge in [0.2, 0.25) is 5.91 Å². The Morgan fingerprint density at radius 1 is 1.15 bits per heavy atom. The van der Waals surface area contributed by atoms with Crippen molar-refractivity contribution in [1.82, 2.24) is 19.7 Å². The van der Waals surface area contributed by atoms with Gasteiger partial charge in [-0.1, -0.05) is 18.7 Å². The first-order valence-corrected chi connectivity index (χ1v) is 9.76. The van der Waals surface area contributed by atoms with Crippen LogP contribution in [0.2, 0.25) is 0 Å². The summed E-state index contributed by atoms with van der Waals surface area (Å²) in [5.74, 6) is -1.88. The minimum Gasteiger partial charge on any atom is -0.494 e. The summed E-state index contributed by atoms with van der Waals surface area (Å²) in [7, 11) is 2.58. The van der Waals surface area contributed by atoms with Crippen LogP contribution in [-0.2, 0) is 11.3 Å². The fraction of sp³-hybridized carbons (Fsp3) is 0.130. The van der Waals surface area contributed by atoms with E-state index in [9.17, 15) is 13.6 Å². The van der Waals surface area contributed by atoms with E-state index in [1.54, 1.807) is 24.3 Å². The molecule has 0 saturated carbocycles. The molecule has 4 aromatic rings. The van der Waals surface area contributed by atoms with Crippen molar-refractivity contribution in [3.63, 3.8) is 0 Å². The molecule has 4 rings (SSSR count). The normalized spacial score (nSPS) is 10.8. The molecule has 168 valence electrons. The Kier molecular flexibility index (Phi) is 5.99. The fourth-order valence-electron chi connectivity index (χ4n) is 3.29. The van der Waals surface area contributed by atoms with Crippen LogP contribution in [0.4, 0.5) is 14.5 Å². The third-order valence-corrected chi connectivity index (χ3v) is 4.94. The molecule has 2 aromatic carbocycles. The third kappa shape index (κ3) is 4.22. The number of hydrogen-bond acceptors (Lipinski definition) is 6. The number of anilines is 1. The second-order valence-electron chi connectivity index (χ2n) is 6.93. The van der Waals surface area contributed by atoms with Crippen LogP contribution in [-0.4, -0.2) is 39.9 Å². The summed E-state index contributed by atoms with van der Waals surface area (Å²) in [6.45, 7) is 3.21. The molecule has 2 aromatic heterocycles. The second kappa shape index (κ2) is 9.03. The Labute approximate surface area is 187 Å². The highest BCUT2D eigenvalue weighted by Gasteiger charge is 2.21. The SMILES string of the molecule is C=CC(=O)Nc1cccc(-c2ncc3c(cnn3Cc3c(F)c(OC)cc(OC)c3F)n2)c1. The number of amides is 1. The van der Waals surface area contributed by atoms with Crippen LogP contribution in [0.1, 0.15) is 5.56 Å². The van der Waals surface area contributed by atoms with Crippen molar-refractivity contribution in [2.24, 2.45) is 0 Å². The number of carbonyl (C=O) groups excluding carboxylic acids is 1. The van der Waals surface area contributed by atoms with Crippen molar-refractivity contribution in [1.29, 1.82) is 0 Å². The monoisotopic (exact) mass is 451 g/mol. The van der Waals surface area contributed by atoms with Gasteiger partial charge in [0.15, 0.2) is 29.0 Å². The third-order valence-electron chi connectivity index (χ3n) is 4.94. The number of rotatable bonds is 7. The summed E-state index contributed by atoms with van der Waals surface area (Å²) in [6, 6.07) is 8.15. The molecule has 0 aliphatic rings. The summed E-state index contributed by atoms with van der Waals surface area (Å²) in [6.07, 6.45) is 4.18. The van der Waals surface area contributed by atoms with Crippen LogP contribution < -0.4 is 14.8 Å². The average molecular weight is 451 g/mol. The number of hydrogen-bond donors (Lipinski definition) is 1. The maximum atomic E-state index is 14.8. The van der Waals surface area contributed by atoms with E-state index in [0.29, 0.717) is 28.1 Å². The van der Waals surface area contributed by atoms with E-state index in [-0.39, 0.29) is 29.5 Å². The second-order valence-corrected chi connectivity index (χ2v) is 6.93. The molecule has 0 spiro atoms. The van der Waals surface area contributed by atoms with Gasteiger partial charge >= 0.3 is 0 Å². The molecule has 8 nitrogen and oxygen atoms in total. The van der Waals surface area contributed by atoms with Crippen LogP contribution in [0.5, 0.6) is 11.5 Å². The first-order chi connectivity index (χ1) is 15.9. The fourth-order valence-corrected chi connectivity index (χ4v) is 3.29. The van der Waals surface area contributed by atoms with E-state index >= 15 is 0 Å². The van der Waals surface area contributed by atoms with Gasteiger partial charge in [-0.25, -0.2) is 18.7 Å². The molecule has 1 N–H and O–H groups in total. The van der Waals surface area contributed by atoms with Gasteiger partial charge in [0, 0.05) is 17.3 Å². The largest absolute Gasteiger partial charge is 0.494 e. The van der Waals surface area contributed by atoms with Gasteiger partial charge in [-0.3, -0.25) is 9.48 Å². The molecule has 0 saturated heterocycles. The molecule has 10 heteroatoms. The molecule has 0 bridgehead atoms. The summed E-state index contributed by atoms with van der Waals surface area (Å²) in [5, 5.41) is 6.90. The van der Waals surface area contributed by atoms with Crippen molar-refractivity contribution in [2.75, 3.05) is 19.5 Å². The number of aromatic nitrogens is 4. The first-order valence-electron chi connectivity index (χ1n) is 9.76. The summed E-state index contributed by atoms with van der Waals surface area (Å²) in [4.78, 5) is 20.4. The number of halogens is 2. The number of carbonyl (C=O) groups is 1. The number of ether oxygens (including phenoxy) is 2. The van der Waals surface area contributed by atoms with E-state index in [0.717, 1.165) is 6.07 Å². The van der Waals surface area contributed by atoms with Gasteiger partial charge < -0.3 is 14.8 Å². The van der Waals surface area contributed by atoms with Crippen molar-refractivity contribution in [2.45, 2.75) is 6.54 Å². The predicted molar refractivity (Wildman–Crippen MR) is 118 cm³/mol. The van der Waals surface area contributed by atoms with Crippen LogP contribution in [0.25, 0.3) is 22.4 Å². The van der Waals surface area contributed by atoms with E-state index in [4.69, 9.17) is 9.47 Å². The van der Waals surface area contributed by atoms with Crippen LogP contribution in [0.3, 0.4) is 0 Å². The van der Waals surface area contributed by atoms with Crippen molar-refractivity contribution in [3.8, 4) is 22.9 Å². The standard InChI is InChI=1S/C23H19F2N5O3/c1-4-20(31)28-14-7-5-6-13(8-14)23-26-11-17-16(29-23)10-27-30(17)12-15-21(24)18(32-2)9-19(33-3)22(15)25/h4-11H,1,12H2,2-3H3,(H,28,31). The molecular weight excluding hydrogens is 432 g/mol. The van der Waals surface area contributed by atoms with Crippen molar-refractivity contribution >= 4 is 22.6 Å². The van der Waals surface area contributed by atoms with Crippen molar-refractivity contribution < 1.29 is 23.0 Å². The maximum Gasteiger partial charge on any atom is 0.247 e. The Balaban J connectivity index is 1.69. The number of methoxy groups -OCH3 is 2. The van der Waals surface area contributed by atoms with Crippen LogP contribution in [0.15, 0.2) is 55.4 Å². The lowest BCUT2D eigenvalue weighted by Gasteiger charge is -2.13. The Morgan fingerprint density at radius 3 is 2.55 bits per heavy atom.